The zero-order chi connectivity index (χ0) is 11.8. The van der Waals surface area contributed by atoms with E-state index < -0.39 is 0 Å². The van der Waals surface area contributed by atoms with E-state index in [1.54, 1.807) is 7.11 Å². The van der Waals surface area contributed by atoms with E-state index in [1.807, 2.05) is 6.07 Å². The summed E-state index contributed by atoms with van der Waals surface area (Å²) in [5.74, 6) is 1.50. The molecular weight excluding hydrogens is 198 g/mol. The molecule has 1 unspecified atom stereocenters. The van der Waals surface area contributed by atoms with Crippen LogP contribution in [0.4, 0.5) is 0 Å². The highest BCUT2D eigenvalue weighted by Gasteiger charge is 2.32. The molecular formula is C14H21NO. The molecule has 0 radical (unpaired) electrons. The summed E-state index contributed by atoms with van der Waals surface area (Å²) in [5, 5.41) is 0. The molecule has 16 heavy (non-hydrogen) atoms. The molecule has 0 saturated carbocycles. The molecule has 0 bridgehead atoms. The van der Waals surface area contributed by atoms with Gasteiger partial charge in [0.2, 0.25) is 0 Å². The minimum absolute atomic E-state index is 0.325. The maximum Gasteiger partial charge on any atom is 0.122 e. The van der Waals surface area contributed by atoms with Crippen LogP contribution < -0.4 is 10.5 Å². The minimum Gasteiger partial charge on any atom is -0.496 e. The fraction of sp³-hybridized carbons (Fsp3) is 0.571. The van der Waals surface area contributed by atoms with Crippen molar-refractivity contribution in [3.8, 4) is 5.75 Å². The van der Waals surface area contributed by atoms with Gasteiger partial charge in [0.05, 0.1) is 7.11 Å². The highest BCUT2D eigenvalue weighted by Crippen LogP contribution is 2.44. The van der Waals surface area contributed by atoms with Crippen molar-refractivity contribution in [2.45, 2.75) is 32.6 Å². The van der Waals surface area contributed by atoms with Gasteiger partial charge in [0.15, 0.2) is 0 Å². The molecule has 2 rings (SSSR count). The normalized spacial score (nSPS) is 22.6. The van der Waals surface area contributed by atoms with Gasteiger partial charge in [-0.1, -0.05) is 26.0 Å². The summed E-state index contributed by atoms with van der Waals surface area (Å²) in [4.78, 5) is 0. The molecule has 1 aromatic rings. The van der Waals surface area contributed by atoms with Crippen molar-refractivity contribution >= 4 is 0 Å². The average Bonchev–Trinajstić information content (AvgIpc) is 2.26. The first kappa shape index (κ1) is 11.5. The molecule has 2 nitrogen and oxygen atoms in total. The molecule has 1 aliphatic carbocycles. The maximum absolute atomic E-state index is 5.89. The first-order valence-electron chi connectivity index (χ1n) is 5.93. The number of methoxy groups -OCH3 is 1. The van der Waals surface area contributed by atoms with Crippen molar-refractivity contribution in [2.24, 2.45) is 11.1 Å². The van der Waals surface area contributed by atoms with Crippen LogP contribution in [0.25, 0.3) is 0 Å². The van der Waals surface area contributed by atoms with E-state index in [2.05, 4.69) is 26.0 Å². The molecule has 2 N–H and O–H groups in total. The Hall–Kier alpha value is -1.02. The quantitative estimate of drug-likeness (QED) is 0.830. The largest absolute Gasteiger partial charge is 0.496 e. The lowest BCUT2D eigenvalue weighted by Crippen LogP contribution is -2.29. The predicted octanol–water partition coefficient (Wildman–Crippen LogP) is 2.71. The Morgan fingerprint density at radius 2 is 2.19 bits per heavy atom. The second kappa shape index (κ2) is 4.10. The lowest BCUT2D eigenvalue weighted by molar-refractivity contribution is 0.275. The van der Waals surface area contributed by atoms with E-state index in [0.717, 1.165) is 18.7 Å². The van der Waals surface area contributed by atoms with Crippen LogP contribution in [0.3, 0.4) is 0 Å². The molecule has 0 heterocycles. The fourth-order valence-electron chi connectivity index (χ4n) is 2.88. The van der Waals surface area contributed by atoms with Crippen molar-refractivity contribution < 1.29 is 4.74 Å². The summed E-state index contributed by atoms with van der Waals surface area (Å²) >= 11 is 0. The van der Waals surface area contributed by atoms with E-state index in [9.17, 15) is 0 Å². The third-order valence-corrected chi connectivity index (χ3v) is 3.57. The SMILES string of the molecule is COc1cccc2c1CC(C)(C)CC2CN. The molecule has 0 amide bonds. The zero-order valence-electron chi connectivity index (χ0n) is 10.4. The van der Waals surface area contributed by atoms with Crippen LogP contribution in [0.15, 0.2) is 18.2 Å². The van der Waals surface area contributed by atoms with Gasteiger partial charge in [0.1, 0.15) is 5.75 Å². The molecule has 0 fully saturated rings. The summed E-state index contributed by atoms with van der Waals surface area (Å²) in [6.07, 6.45) is 2.26. The van der Waals surface area contributed by atoms with Crippen LogP contribution in [0.2, 0.25) is 0 Å². The maximum atomic E-state index is 5.89. The van der Waals surface area contributed by atoms with Gasteiger partial charge in [0, 0.05) is 0 Å². The minimum atomic E-state index is 0.325. The summed E-state index contributed by atoms with van der Waals surface area (Å²) in [6.45, 7) is 5.35. The number of nitrogens with two attached hydrogens (primary N) is 1. The van der Waals surface area contributed by atoms with Crippen LogP contribution in [0.1, 0.15) is 37.3 Å². The third kappa shape index (κ3) is 1.94. The first-order chi connectivity index (χ1) is 7.57. The molecule has 88 valence electrons. The smallest absolute Gasteiger partial charge is 0.122 e. The standard InChI is InChI=1S/C14H21NO/c1-14(2)7-10(9-15)11-5-4-6-13(16-3)12(11)8-14/h4-6,10H,7-9,15H2,1-3H3. The Kier molecular flexibility index (Phi) is 2.94. The van der Waals surface area contributed by atoms with Crippen molar-refractivity contribution in [1.29, 1.82) is 0 Å². The van der Waals surface area contributed by atoms with E-state index in [-0.39, 0.29) is 0 Å². The number of ether oxygens (including phenoxy) is 1. The van der Waals surface area contributed by atoms with Gasteiger partial charge in [-0.25, -0.2) is 0 Å². The monoisotopic (exact) mass is 219 g/mol. The second-order valence-corrected chi connectivity index (χ2v) is 5.51. The van der Waals surface area contributed by atoms with Crippen LogP contribution in [-0.2, 0) is 6.42 Å². The molecule has 0 aliphatic heterocycles. The number of fused-ring (bicyclic) bond motifs is 1. The van der Waals surface area contributed by atoms with Gasteiger partial charge < -0.3 is 10.5 Å². The van der Waals surface area contributed by atoms with Crippen molar-refractivity contribution in [2.75, 3.05) is 13.7 Å². The van der Waals surface area contributed by atoms with E-state index in [0.29, 0.717) is 11.3 Å². The lowest BCUT2D eigenvalue weighted by atomic mass is 9.69. The van der Waals surface area contributed by atoms with E-state index in [4.69, 9.17) is 10.5 Å². The molecule has 2 heteroatoms. The zero-order valence-corrected chi connectivity index (χ0v) is 10.4. The van der Waals surface area contributed by atoms with E-state index >= 15 is 0 Å². The molecule has 0 spiro atoms. The highest BCUT2D eigenvalue weighted by atomic mass is 16.5. The van der Waals surface area contributed by atoms with Crippen molar-refractivity contribution in [1.82, 2.24) is 0 Å². The van der Waals surface area contributed by atoms with Gasteiger partial charge >= 0.3 is 0 Å². The van der Waals surface area contributed by atoms with Crippen LogP contribution in [0.5, 0.6) is 5.75 Å². The topological polar surface area (TPSA) is 35.2 Å². The first-order valence-corrected chi connectivity index (χ1v) is 5.93. The lowest BCUT2D eigenvalue weighted by Gasteiger charge is -2.37. The highest BCUT2D eigenvalue weighted by molar-refractivity contribution is 5.44. The molecule has 1 aromatic carbocycles. The Balaban J connectivity index is 2.49. The summed E-state index contributed by atoms with van der Waals surface area (Å²) < 4.78 is 5.46. The number of hydrogen-bond acceptors (Lipinski definition) is 2. The summed E-state index contributed by atoms with van der Waals surface area (Å²) in [7, 11) is 1.74. The Labute approximate surface area is 97.8 Å². The second-order valence-electron chi connectivity index (χ2n) is 5.51. The Morgan fingerprint density at radius 3 is 2.81 bits per heavy atom. The van der Waals surface area contributed by atoms with Crippen LogP contribution >= 0.6 is 0 Å². The Bertz CT molecular complexity index is 384. The Morgan fingerprint density at radius 1 is 1.44 bits per heavy atom. The molecule has 1 aliphatic rings. The van der Waals surface area contributed by atoms with Gasteiger partial charge in [0.25, 0.3) is 0 Å². The van der Waals surface area contributed by atoms with Crippen molar-refractivity contribution in [3.63, 3.8) is 0 Å². The predicted molar refractivity (Wildman–Crippen MR) is 66.9 cm³/mol. The third-order valence-electron chi connectivity index (χ3n) is 3.57. The van der Waals surface area contributed by atoms with Crippen molar-refractivity contribution in [3.05, 3.63) is 29.3 Å². The molecule has 0 aromatic heterocycles. The van der Waals surface area contributed by atoms with E-state index in [1.165, 1.54) is 17.5 Å². The summed E-state index contributed by atoms with van der Waals surface area (Å²) in [6, 6.07) is 6.32. The van der Waals surface area contributed by atoms with Crippen LogP contribution in [-0.4, -0.2) is 13.7 Å². The fourth-order valence-corrected chi connectivity index (χ4v) is 2.88. The van der Waals surface area contributed by atoms with Crippen LogP contribution in [0, 0.1) is 5.41 Å². The average molecular weight is 219 g/mol. The number of hydrogen-bond donors (Lipinski definition) is 1. The van der Waals surface area contributed by atoms with Gasteiger partial charge in [-0.2, -0.15) is 0 Å². The van der Waals surface area contributed by atoms with Gasteiger partial charge in [-0.3, -0.25) is 0 Å². The molecule has 0 saturated heterocycles. The number of rotatable bonds is 2. The number of benzene rings is 1. The van der Waals surface area contributed by atoms with Gasteiger partial charge in [-0.15, -0.1) is 0 Å². The summed E-state index contributed by atoms with van der Waals surface area (Å²) in [5.41, 5.74) is 8.96. The van der Waals surface area contributed by atoms with Gasteiger partial charge in [-0.05, 0) is 47.9 Å². The molecule has 1 atom stereocenters.